The van der Waals surface area contributed by atoms with Crippen molar-refractivity contribution in [3.8, 4) is 0 Å². The fraction of sp³-hybridized carbons (Fsp3) is 0.258. The number of anilines is 2. The molecule has 0 fully saturated rings. The van der Waals surface area contributed by atoms with Gasteiger partial charge in [-0.1, -0.05) is 30.3 Å². The predicted octanol–water partition coefficient (Wildman–Crippen LogP) is 4.59. The van der Waals surface area contributed by atoms with Gasteiger partial charge in [0.2, 0.25) is 0 Å². The van der Waals surface area contributed by atoms with Crippen LogP contribution in [0.15, 0.2) is 90.0 Å². The molecule has 0 aliphatic heterocycles. The molecule has 3 aromatic carbocycles. The minimum Gasteiger partial charge on any atom is -0.475 e. The normalized spacial score (nSPS) is 12.5. The Morgan fingerprint density at radius 1 is 0.894 bits per heavy atom. The summed E-state index contributed by atoms with van der Waals surface area (Å²) < 4.78 is 61.7. The Balaban J connectivity index is 0.000000771. The summed E-state index contributed by atoms with van der Waals surface area (Å²) in [4.78, 5) is 31.3. The molecule has 12 nitrogen and oxygen atoms in total. The van der Waals surface area contributed by atoms with Crippen molar-refractivity contribution in [3.63, 3.8) is 0 Å². The van der Waals surface area contributed by atoms with Crippen LogP contribution in [0, 0.1) is 0 Å². The van der Waals surface area contributed by atoms with E-state index in [4.69, 9.17) is 15.0 Å². The highest BCUT2D eigenvalue weighted by Crippen LogP contribution is 2.24. The molecule has 6 N–H and O–H groups in total. The molecular weight excluding hydrogens is 645 g/mol. The van der Waals surface area contributed by atoms with E-state index >= 15 is 0 Å². The van der Waals surface area contributed by atoms with Crippen LogP contribution >= 0.6 is 0 Å². The Morgan fingerprint density at radius 3 is 2.17 bits per heavy atom. The van der Waals surface area contributed by atoms with E-state index in [9.17, 15) is 36.3 Å². The molecule has 0 radical (unpaired) electrons. The number of carbonyl (C=O) groups is 3. The summed E-state index contributed by atoms with van der Waals surface area (Å²) in [5.41, 5.74) is 1.97. The molecule has 0 unspecified atom stereocenters. The smallest absolute Gasteiger partial charge is 0.475 e. The molecular formula is C31H33F3N4O8S. The number of aliphatic carboxylic acids is 2. The highest BCUT2D eigenvalue weighted by Gasteiger charge is 2.38. The van der Waals surface area contributed by atoms with Crippen LogP contribution in [0.25, 0.3) is 10.9 Å². The third-order valence-corrected chi connectivity index (χ3v) is 8.19. The molecule has 1 amide bonds. The zero-order chi connectivity index (χ0) is 35.0. The van der Waals surface area contributed by atoms with Gasteiger partial charge in [-0.2, -0.15) is 13.2 Å². The van der Waals surface area contributed by atoms with Gasteiger partial charge in [0.15, 0.2) is 0 Å². The van der Waals surface area contributed by atoms with Crippen LogP contribution in [-0.4, -0.2) is 64.4 Å². The lowest BCUT2D eigenvalue weighted by Gasteiger charge is -2.28. The number of alkyl halides is 3. The summed E-state index contributed by atoms with van der Waals surface area (Å²) in [6.45, 7) is 5.02. The molecule has 1 atom stereocenters. The molecule has 0 bridgehead atoms. The van der Waals surface area contributed by atoms with Gasteiger partial charge in [-0.3, -0.25) is 9.52 Å². The van der Waals surface area contributed by atoms with Gasteiger partial charge < -0.3 is 30.5 Å². The molecule has 1 aromatic heterocycles. The van der Waals surface area contributed by atoms with Crippen LogP contribution in [0.2, 0.25) is 0 Å². The number of aryl methyl sites for hydroxylation is 1. The number of nitrogens with zero attached hydrogens (tertiary/aromatic N) is 1. The quantitative estimate of drug-likeness (QED) is 0.123. The Labute approximate surface area is 267 Å². The van der Waals surface area contributed by atoms with Gasteiger partial charge in [-0.05, 0) is 74.4 Å². The molecule has 0 spiro atoms. The molecule has 4 aromatic rings. The first kappa shape index (κ1) is 36.5. The number of carbonyl (C=O) groups excluding carboxylic acids is 1. The first-order chi connectivity index (χ1) is 21.9. The summed E-state index contributed by atoms with van der Waals surface area (Å²) in [5, 5.41) is 33.3. The van der Waals surface area contributed by atoms with E-state index in [1.807, 2.05) is 32.2 Å². The number of halogens is 3. The van der Waals surface area contributed by atoms with E-state index < -0.39 is 40.1 Å². The Hall–Kier alpha value is -4.93. The Morgan fingerprint density at radius 2 is 1.55 bits per heavy atom. The third-order valence-electron chi connectivity index (χ3n) is 6.79. The minimum atomic E-state index is -5.08. The number of benzene rings is 3. The fourth-order valence-corrected chi connectivity index (χ4v) is 5.33. The van der Waals surface area contributed by atoms with Gasteiger partial charge in [0, 0.05) is 47.1 Å². The molecule has 0 aliphatic carbocycles. The van der Waals surface area contributed by atoms with Crippen molar-refractivity contribution >= 4 is 50.1 Å². The van der Waals surface area contributed by atoms with Gasteiger partial charge in [0.25, 0.3) is 10.0 Å². The number of hydrogen-bond donors (Lipinski definition) is 6. The standard InChI is InChI=1S/C29H32N4O6S.C2HF3O2/c1-29(2,14-16-33-15-13-20-17-22(11-12-25(20)33)31-27(35)28(36)37)30-19-26(34)21-7-6-8-23(18-21)32-40(38,39)24-9-4-3-5-10-24;3-2(4,5)1(6)7/h3-13,15,17-18,26,30,32,34H,14,16,19H2,1-2H3,(H,31,35)(H,36,37);(H,6,7)/t26-;/m0./s1. The maximum Gasteiger partial charge on any atom is 0.490 e. The van der Waals surface area contributed by atoms with Crippen molar-refractivity contribution in [2.45, 2.75) is 49.5 Å². The van der Waals surface area contributed by atoms with Crippen molar-refractivity contribution in [1.29, 1.82) is 0 Å². The fourth-order valence-electron chi connectivity index (χ4n) is 4.26. The lowest BCUT2D eigenvalue weighted by Crippen LogP contribution is -2.42. The summed E-state index contributed by atoms with van der Waals surface area (Å²) in [7, 11) is -3.74. The van der Waals surface area contributed by atoms with E-state index in [1.54, 1.807) is 54.6 Å². The van der Waals surface area contributed by atoms with Crippen molar-refractivity contribution in [1.82, 2.24) is 9.88 Å². The molecule has 0 saturated carbocycles. The van der Waals surface area contributed by atoms with E-state index in [-0.39, 0.29) is 17.0 Å². The van der Waals surface area contributed by atoms with Crippen molar-refractivity contribution in [2.24, 2.45) is 0 Å². The lowest BCUT2D eigenvalue weighted by molar-refractivity contribution is -0.192. The zero-order valence-electron chi connectivity index (χ0n) is 25.2. The number of β-amino-alcohol motifs (C(OH)–C–C–N with tert-alkyl or cyclic N) is 1. The number of carboxylic acids is 2. The molecule has 16 heteroatoms. The number of aromatic nitrogens is 1. The summed E-state index contributed by atoms with van der Waals surface area (Å²) in [6.07, 6.45) is -3.27. The lowest BCUT2D eigenvalue weighted by atomic mass is 9.99. The van der Waals surface area contributed by atoms with E-state index in [0.29, 0.717) is 23.5 Å². The number of aliphatic hydroxyl groups excluding tert-OH is 1. The molecule has 0 aliphatic rings. The van der Waals surface area contributed by atoms with Gasteiger partial charge in [-0.15, -0.1) is 0 Å². The number of aliphatic hydroxyl groups is 1. The molecule has 47 heavy (non-hydrogen) atoms. The second-order valence-corrected chi connectivity index (χ2v) is 12.6. The first-order valence-corrected chi connectivity index (χ1v) is 15.4. The summed E-state index contributed by atoms with van der Waals surface area (Å²) in [5.74, 6) is -5.39. The maximum absolute atomic E-state index is 12.6. The highest BCUT2D eigenvalue weighted by atomic mass is 32.2. The van der Waals surface area contributed by atoms with Crippen LogP contribution in [0.5, 0.6) is 0 Å². The van der Waals surface area contributed by atoms with E-state index in [2.05, 4.69) is 19.9 Å². The SMILES string of the molecule is CC(C)(CCn1ccc2cc(NC(=O)C(=O)O)ccc21)NC[C@H](O)c1cccc(NS(=O)(=O)c2ccccc2)c1.O=C(O)C(F)(F)F. The first-order valence-electron chi connectivity index (χ1n) is 13.9. The van der Waals surface area contributed by atoms with E-state index in [0.717, 1.165) is 17.3 Å². The van der Waals surface area contributed by atoms with Crippen molar-refractivity contribution in [2.75, 3.05) is 16.6 Å². The van der Waals surface area contributed by atoms with Gasteiger partial charge in [-0.25, -0.2) is 18.0 Å². The summed E-state index contributed by atoms with van der Waals surface area (Å²) >= 11 is 0. The van der Waals surface area contributed by atoms with Gasteiger partial charge in [0.05, 0.1) is 11.0 Å². The minimum absolute atomic E-state index is 0.158. The Kier molecular flexibility index (Phi) is 11.7. The number of nitrogens with one attached hydrogen (secondary N) is 3. The average Bonchev–Trinajstić information content (AvgIpc) is 3.41. The van der Waals surface area contributed by atoms with E-state index in [1.165, 1.54) is 12.1 Å². The number of carboxylic acid groups (broad SMARTS) is 2. The summed E-state index contributed by atoms with van der Waals surface area (Å²) in [6, 6.07) is 21.9. The maximum atomic E-state index is 12.6. The second kappa shape index (κ2) is 15.1. The monoisotopic (exact) mass is 678 g/mol. The second-order valence-electron chi connectivity index (χ2n) is 10.9. The van der Waals surface area contributed by atoms with Crippen LogP contribution < -0.4 is 15.4 Å². The number of fused-ring (bicyclic) bond motifs is 1. The average molecular weight is 679 g/mol. The largest absolute Gasteiger partial charge is 0.490 e. The number of rotatable bonds is 11. The van der Waals surface area contributed by atoms with Gasteiger partial charge in [0.1, 0.15) is 0 Å². The topological polar surface area (TPSA) is 187 Å². The third kappa shape index (κ3) is 10.8. The van der Waals surface area contributed by atoms with Crippen molar-refractivity contribution < 1.29 is 51.3 Å². The van der Waals surface area contributed by atoms with Crippen LogP contribution in [0.4, 0.5) is 24.5 Å². The van der Waals surface area contributed by atoms with Gasteiger partial charge >= 0.3 is 24.0 Å². The Bertz CT molecular complexity index is 1830. The highest BCUT2D eigenvalue weighted by molar-refractivity contribution is 7.92. The van der Waals surface area contributed by atoms with Crippen LogP contribution in [-0.2, 0) is 31.0 Å². The molecule has 252 valence electrons. The number of hydrogen-bond acceptors (Lipinski definition) is 7. The molecule has 0 saturated heterocycles. The number of sulfonamides is 1. The predicted molar refractivity (Wildman–Crippen MR) is 167 cm³/mol. The van der Waals surface area contributed by atoms with Crippen LogP contribution in [0.3, 0.4) is 0 Å². The number of amides is 1. The van der Waals surface area contributed by atoms with Crippen LogP contribution in [0.1, 0.15) is 31.9 Å². The zero-order valence-corrected chi connectivity index (χ0v) is 26.0. The van der Waals surface area contributed by atoms with Crippen molar-refractivity contribution in [3.05, 3.63) is 90.6 Å². The molecule has 4 rings (SSSR count). The molecule has 1 heterocycles.